The molecule has 1 fully saturated rings. The molecular formula is C12H17ClN2O2S. The molecule has 0 bridgehead atoms. The Kier molecular flexibility index (Phi) is 3.96. The van der Waals surface area contributed by atoms with E-state index in [1.807, 2.05) is 0 Å². The van der Waals surface area contributed by atoms with Gasteiger partial charge in [0.25, 0.3) is 0 Å². The third-order valence-electron chi connectivity index (χ3n) is 3.13. The molecule has 6 heteroatoms. The van der Waals surface area contributed by atoms with Gasteiger partial charge in [-0.15, -0.1) is 0 Å². The average molecular weight is 289 g/mol. The first-order valence-electron chi connectivity index (χ1n) is 5.90. The lowest BCUT2D eigenvalue weighted by Crippen LogP contribution is -2.29. The molecule has 2 N–H and O–H groups in total. The molecule has 0 aromatic heterocycles. The van der Waals surface area contributed by atoms with Gasteiger partial charge in [0.15, 0.2) is 0 Å². The van der Waals surface area contributed by atoms with Crippen LogP contribution < -0.4 is 5.73 Å². The van der Waals surface area contributed by atoms with Crippen LogP contribution in [0.15, 0.2) is 23.1 Å². The Balaban J connectivity index is 2.28. The molecule has 0 spiro atoms. The largest absolute Gasteiger partial charge is 0.326 e. The molecule has 100 valence electrons. The quantitative estimate of drug-likeness (QED) is 0.899. The molecule has 1 aliphatic rings. The van der Waals surface area contributed by atoms with Gasteiger partial charge in [0.05, 0.1) is 5.02 Å². The highest BCUT2D eigenvalue weighted by Gasteiger charge is 2.30. The molecule has 0 aliphatic heterocycles. The van der Waals surface area contributed by atoms with Crippen LogP contribution in [0, 0.1) is 5.92 Å². The fourth-order valence-electron chi connectivity index (χ4n) is 1.81. The molecular weight excluding hydrogens is 272 g/mol. The van der Waals surface area contributed by atoms with Crippen molar-refractivity contribution >= 4 is 21.6 Å². The minimum Gasteiger partial charge on any atom is -0.326 e. The van der Waals surface area contributed by atoms with E-state index in [9.17, 15) is 8.42 Å². The van der Waals surface area contributed by atoms with Crippen LogP contribution >= 0.6 is 11.6 Å². The van der Waals surface area contributed by atoms with E-state index in [1.54, 1.807) is 19.2 Å². The van der Waals surface area contributed by atoms with Crippen LogP contribution in [0.3, 0.4) is 0 Å². The van der Waals surface area contributed by atoms with Gasteiger partial charge in [0.1, 0.15) is 4.90 Å². The topological polar surface area (TPSA) is 63.4 Å². The van der Waals surface area contributed by atoms with Crippen molar-refractivity contribution in [2.75, 3.05) is 13.6 Å². The van der Waals surface area contributed by atoms with Gasteiger partial charge in [0, 0.05) is 20.1 Å². The molecule has 0 unspecified atom stereocenters. The first-order chi connectivity index (χ1) is 8.45. The average Bonchev–Trinajstić information content (AvgIpc) is 3.12. The van der Waals surface area contributed by atoms with Gasteiger partial charge < -0.3 is 5.73 Å². The monoisotopic (exact) mass is 288 g/mol. The summed E-state index contributed by atoms with van der Waals surface area (Å²) in [6.07, 6.45) is 2.22. The molecule has 1 aliphatic carbocycles. The Labute approximate surface area is 113 Å². The SMILES string of the molecule is CN(CC1CC1)S(=O)(=O)c1ccc(CN)cc1Cl. The van der Waals surface area contributed by atoms with Crippen molar-refractivity contribution in [3.8, 4) is 0 Å². The summed E-state index contributed by atoms with van der Waals surface area (Å²) >= 11 is 6.03. The van der Waals surface area contributed by atoms with Crippen molar-refractivity contribution < 1.29 is 8.42 Å². The zero-order valence-corrected chi connectivity index (χ0v) is 11.8. The number of sulfonamides is 1. The van der Waals surface area contributed by atoms with Gasteiger partial charge in [-0.25, -0.2) is 12.7 Å². The molecule has 0 heterocycles. The van der Waals surface area contributed by atoms with Crippen LogP contribution in [0.2, 0.25) is 5.02 Å². The molecule has 1 aromatic rings. The number of benzene rings is 1. The smallest absolute Gasteiger partial charge is 0.244 e. The van der Waals surface area contributed by atoms with Crippen LogP contribution in [-0.2, 0) is 16.6 Å². The Morgan fingerprint density at radius 3 is 2.61 bits per heavy atom. The summed E-state index contributed by atoms with van der Waals surface area (Å²) in [4.78, 5) is 0.157. The van der Waals surface area contributed by atoms with E-state index in [1.165, 1.54) is 10.4 Å². The minimum atomic E-state index is -3.49. The van der Waals surface area contributed by atoms with E-state index in [2.05, 4.69) is 0 Å². The van der Waals surface area contributed by atoms with Gasteiger partial charge in [-0.3, -0.25) is 0 Å². The van der Waals surface area contributed by atoms with Gasteiger partial charge >= 0.3 is 0 Å². The van der Waals surface area contributed by atoms with Crippen molar-refractivity contribution in [3.63, 3.8) is 0 Å². The third-order valence-corrected chi connectivity index (χ3v) is 5.44. The molecule has 0 atom stereocenters. The molecule has 0 saturated heterocycles. The summed E-state index contributed by atoms with van der Waals surface area (Å²) in [6, 6.07) is 4.84. The lowest BCUT2D eigenvalue weighted by atomic mass is 10.2. The lowest BCUT2D eigenvalue weighted by molar-refractivity contribution is 0.453. The second-order valence-electron chi connectivity index (χ2n) is 4.70. The fraction of sp³-hybridized carbons (Fsp3) is 0.500. The van der Waals surface area contributed by atoms with Crippen molar-refractivity contribution in [1.29, 1.82) is 0 Å². The molecule has 0 radical (unpaired) electrons. The van der Waals surface area contributed by atoms with Crippen molar-refractivity contribution in [2.24, 2.45) is 11.7 Å². The number of nitrogens with zero attached hydrogens (tertiary/aromatic N) is 1. The first kappa shape index (κ1) is 13.8. The van der Waals surface area contributed by atoms with Gasteiger partial charge in [-0.2, -0.15) is 0 Å². The second kappa shape index (κ2) is 5.17. The summed E-state index contributed by atoms with van der Waals surface area (Å²) in [5.41, 5.74) is 6.32. The zero-order valence-electron chi connectivity index (χ0n) is 10.3. The maximum absolute atomic E-state index is 12.3. The molecule has 1 saturated carbocycles. The number of halogens is 1. The predicted molar refractivity (Wildman–Crippen MR) is 71.9 cm³/mol. The van der Waals surface area contributed by atoms with Crippen LogP contribution in [-0.4, -0.2) is 26.3 Å². The Morgan fingerprint density at radius 1 is 1.44 bits per heavy atom. The maximum atomic E-state index is 12.3. The van der Waals surface area contributed by atoms with E-state index in [0.29, 0.717) is 19.0 Å². The van der Waals surface area contributed by atoms with Gasteiger partial charge in [0.2, 0.25) is 10.0 Å². The second-order valence-corrected chi connectivity index (χ2v) is 7.12. The zero-order chi connectivity index (χ0) is 13.3. The number of nitrogens with two attached hydrogens (primary N) is 1. The number of hydrogen-bond donors (Lipinski definition) is 1. The van der Waals surface area contributed by atoms with Crippen LogP contribution in [0.4, 0.5) is 0 Å². The Morgan fingerprint density at radius 2 is 2.11 bits per heavy atom. The normalized spacial score (nSPS) is 16.2. The maximum Gasteiger partial charge on any atom is 0.244 e. The lowest BCUT2D eigenvalue weighted by Gasteiger charge is -2.18. The minimum absolute atomic E-state index is 0.157. The summed E-state index contributed by atoms with van der Waals surface area (Å²) in [6.45, 7) is 0.912. The van der Waals surface area contributed by atoms with Gasteiger partial charge in [-0.05, 0) is 36.5 Å². The highest BCUT2D eigenvalue weighted by molar-refractivity contribution is 7.89. The summed E-state index contributed by atoms with van der Waals surface area (Å²) in [5, 5.41) is 0.237. The van der Waals surface area contributed by atoms with Crippen LogP contribution in [0.5, 0.6) is 0 Å². The molecule has 0 amide bonds. The van der Waals surface area contributed by atoms with E-state index in [0.717, 1.165) is 18.4 Å². The van der Waals surface area contributed by atoms with E-state index >= 15 is 0 Å². The summed E-state index contributed by atoms with van der Waals surface area (Å²) in [7, 11) is -1.89. The van der Waals surface area contributed by atoms with E-state index in [4.69, 9.17) is 17.3 Å². The first-order valence-corrected chi connectivity index (χ1v) is 7.72. The van der Waals surface area contributed by atoms with Crippen molar-refractivity contribution in [3.05, 3.63) is 28.8 Å². The molecule has 4 nitrogen and oxygen atoms in total. The van der Waals surface area contributed by atoms with Crippen LogP contribution in [0.25, 0.3) is 0 Å². The molecule has 1 aromatic carbocycles. The number of hydrogen-bond acceptors (Lipinski definition) is 3. The van der Waals surface area contributed by atoms with Gasteiger partial charge in [-0.1, -0.05) is 17.7 Å². The highest BCUT2D eigenvalue weighted by atomic mass is 35.5. The molecule has 2 rings (SSSR count). The highest BCUT2D eigenvalue weighted by Crippen LogP contribution is 2.32. The Bertz CT molecular complexity index is 541. The number of rotatable bonds is 5. The Hall–Kier alpha value is -0.620. The standard InChI is InChI=1S/C12H17ClN2O2S/c1-15(8-9-2-3-9)18(16,17)12-5-4-10(7-14)6-11(12)13/h4-6,9H,2-3,7-8,14H2,1H3. The molecule has 18 heavy (non-hydrogen) atoms. The van der Waals surface area contributed by atoms with E-state index < -0.39 is 10.0 Å². The van der Waals surface area contributed by atoms with Crippen molar-refractivity contribution in [1.82, 2.24) is 4.31 Å². The third kappa shape index (κ3) is 2.85. The van der Waals surface area contributed by atoms with E-state index in [-0.39, 0.29) is 9.92 Å². The fourth-order valence-corrected chi connectivity index (χ4v) is 3.59. The van der Waals surface area contributed by atoms with Crippen LogP contribution in [0.1, 0.15) is 18.4 Å². The predicted octanol–water partition coefficient (Wildman–Crippen LogP) is 1.83. The summed E-state index contributed by atoms with van der Waals surface area (Å²) < 4.78 is 26.0. The summed E-state index contributed by atoms with van der Waals surface area (Å²) in [5.74, 6) is 0.506. The van der Waals surface area contributed by atoms with Crippen molar-refractivity contribution in [2.45, 2.75) is 24.3 Å².